The molecule has 2 unspecified atom stereocenters. The van der Waals surface area contributed by atoms with E-state index in [0.717, 1.165) is 6.54 Å². The van der Waals surface area contributed by atoms with Crippen LogP contribution in [-0.4, -0.2) is 35.3 Å². The van der Waals surface area contributed by atoms with Gasteiger partial charge >= 0.3 is 0 Å². The molecule has 0 aliphatic rings. The van der Waals surface area contributed by atoms with Crippen molar-refractivity contribution in [1.82, 2.24) is 5.32 Å². The van der Waals surface area contributed by atoms with Crippen LogP contribution in [-0.2, 0) is 0 Å². The number of hydrogen-bond donors (Lipinski definition) is 4. The maximum Gasteiger partial charge on any atom is 0.143 e. The molecular formula is C8H19N3O2. The van der Waals surface area contributed by atoms with Crippen LogP contribution in [0.3, 0.4) is 0 Å². The molecule has 0 aromatic rings. The van der Waals surface area contributed by atoms with Gasteiger partial charge in [-0.05, 0) is 19.9 Å². The molecule has 0 saturated carbocycles. The minimum Gasteiger partial charge on any atom is -0.409 e. The predicted octanol–water partition coefficient (Wildman–Crippen LogP) is -0.271. The van der Waals surface area contributed by atoms with E-state index in [1.54, 1.807) is 6.92 Å². The number of oxime groups is 1. The zero-order chi connectivity index (χ0) is 10.3. The molecule has 5 heteroatoms. The average molecular weight is 189 g/mol. The molecular weight excluding hydrogens is 170 g/mol. The lowest BCUT2D eigenvalue weighted by atomic mass is 10.1. The largest absolute Gasteiger partial charge is 0.409 e. The van der Waals surface area contributed by atoms with Crippen LogP contribution in [0.25, 0.3) is 0 Å². The van der Waals surface area contributed by atoms with E-state index in [1.165, 1.54) is 0 Å². The third-order valence-electron chi connectivity index (χ3n) is 1.81. The zero-order valence-corrected chi connectivity index (χ0v) is 8.20. The molecule has 0 aromatic carbocycles. The first-order valence-electron chi connectivity index (χ1n) is 4.44. The molecule has 0 aromatic heterocycles. The van der Waals surface area contributed by atoms with E-state index < -0.39 is 0 Å². The highest BCUT2D eigenvalue weighted by atomic mass is 16.4. The van der Waals surface area contributed by atoms with Gasteiger partial charge in [-0.25, -0.2) is 0 Å². The van der Waals surface area contributed by atoms with Gasteiger partial charge in [0.1, 0.15) is 5.84 Å². The van der Waals surface area contributed by atoms with E-state index in [9.17, 15) is 0 Å². The Bertz CT molecular complexity index is 159. The molecule has 0 spiro atoms. The number of rotatable bonds is 6. The monoisotopic (exact) mass is 189 g/mol. The molecule has 13 heavy (non-hydrogen) atoms. The first-order chi connectivity index (χ1) is 6.07. The fourth-order valence-corrected chi connectivity index (χ4v) is 0.833. The van der Waals surface area contributed by atoms with Gasteiger partial charge in [-0.3, -0.25) is 0 Å². The Morgan fingerprint density at radius 3 is 2.62 bits per heavy atom. The highest BCUT2D eigenvalue weighted by molar-refractivity contribution is 5.82. The van der Waals surface area contributed by atoms with Gasteiger partial charge < -0.3 is 21.4 Å². The van der Waals surface area contributed by atoms with Crippen molar-refractivity contribution >= 4 is 5.84 Å². The van der Waals surface area contributed by atoms with Crippen LogP contribution in [0, 0.1) is 5.92 Å². The van der Waals surface area contributed by atoms with Crippen LogP contribution >= 0.6 is 0 Å². The maximum atomic E-state index is 8.94. The Morgan fingerprint density at radius 2 is 2.15 bits per heavy atom. The van der Waals surface area contributed by atoms with E-state index >= 15 is 0 Å². The Hall–Kier alpha value is -0.810. The van der Waals surface area contributed by atoms with Crippen LogP contribution in [0.5, 0.6) is 0 Å². The summed E-state index contributed by atoms with van der Waals surface area (Å²) in [5.74, 6) is 0.239. The number of nitrogens with zero attached hydrogens (tertiary/aromatic N) is 1. The Kier molecular flexibility index (Phi) is 6.26. The molecule has 0 rings (SSSR count). The summed E-state index contributed by atoms with van der Waals surface area (Å²) in [5, 5.41) is 23.3. The summed E-state index contributed by atoms with van der Waals surface area (Å²) in [5.41, 5.74) is 5.37. The number of aliphatic hydroxyl groups is 1. The predicted molar refractivity (Wildman–Crippen MR) is 51.7 cm³/mol. The molecule has 0 aliphatic heterocycles. The Morgan fingerprint density at radius 1 is 1.54 bits per heavy atom. The fraction of sp³-hybridized carbons (Fsp3) is 0.875. The molecule has 0 fully saturated rings. The van der Waals surface area contributed by atoms with Crippen molar-refractivity contribution in [2.45, 2.75) is 26.4 Å². The zero-order valence-electron chi connectivity index (χ0n) is 8.20. The van der Waals surface area contributed by atoms with Crippen LogP contribution in [0.2, 0.25) is 0 Å². The summed E-state index contributed by atoms with van der Waals surface area (Å²) in [6.45, 7) is 5.00. The smallest absolute Gasteiger partial charge is 0.143 e. The first-order valence-corrected chi connectivity index (χ1v) is 4.44. The molecule has 0 bridgehead atoms. The van der Waals surface area contributed by atoms with Crippen molar-refractivity contribution < 1.29 is 10.3 Å². The summed E-state index contributed by atoms with van der Waals surface area (Å²) in [4.78, 5) is 0. The van der Waals surface area contributed by atoms with Crippen molar-refractivity contribution in [3.05, 3.63) is 0 Å². The first kappa shape index (κ1) is 12.2. The molecule has 2 atom stereocenters. The minimum atomic E-state index is -0.285. The summed E-state index contributed by atoms with van der Waals surface area (Å²) >= 11 is 0. The number of nitrogens with two attached hydrogens (primary N) is 1. The van der Waals surface area contributed by atoms with Gasteiger partial charge in [-0.15, -0.1) is 0 Å². The van der Waals surface area contributed by atoms with Crippen LogP contribution in [0.4, 0.5) is 0 Å². The molecule has 5 N–H and O–H groups in total. The van der Waals surface area contributed by atoms with Crippen molar-refractivity contribution in [1.29, 1.82) is 0 Å². The van der Waals surface area contributed by atoms with E-state index in [4.69, 9.17) is 16.0 Å². The lowest BCUT2D eigenvalue weighted by molar-refractivity contribution is 0.183. The Balaban J connectivity index is 3.43. The minimum absolute atomic E-state index is 0.0130. The third-order valence-corrected chi connectivity index (χ3v) is 1.81. The summed E-state index contributed by atoms with van der Waals surface area (Å²) in [7, 11) is 0. The third kappa shape index (κ3) is 6.36. The fourth-order valence-electron chi connectivity index (χ4n) is 0.833. The second-order valence-electron chi connectivity index (χ2n) is 3.27. The van der Waals surface area contributed by atoms with Gasteiger partial charge in [0.25, 0.3) is 0 Å². The van der Waals surface area contributed by atoms with E-state index in [2.05, 4.69) is 10.5 Å². The van der Waals surface area contributed by atoms with Gasteiger partial charge in [-0.2, -0.15) is 0 Å². The summed E-state index contributed by atoms with van der Waals surface area (Å²) in [6, 6.07) is 0. The number of aliphatic hydroxyl groups excluding tert-OH is 1. The molecule has 0 amide bonds. The van der Waals surface area contributed by atoms with Gasteiger partial charge in [-0.1, -0.05) is 12.1 Å². The van der Waals surface area contributed by atoms with Crippen LogP contribution in [0.1, 0.15) is 20.3 Å². The van der Waals surface area contributed by atoms with E-state index in [1.807, 2.05) is 6.92 Å². The lowest BCUT2D eigenvalue weighted by Crippen LogP contribution is -2.32. The summed E-state index contributed by atoms with van der Waals surface area (Å²) in [6.07, 6.45) is 0.426. The van der Waals surface area contributed by atoms with Gasteiger partial charge in [0.15, 0.2) is 0 Å². The quantitative estimate of drug-likeness (QED) is 0.152. The van der Waals surface area contributed by atoms with Gasteiger partial charge in [0.2, 0.25) is 0 Å². The molecule has 0 radical (unpaired) electrons. The summed E-state index contributed by atoms with van der Waals surface area (Å²) < 4.78 is 0. The van der Waals surface area contributed by atoms with E-state index in [0.29, 0.717) is 13.0 Å². The van der Waals surface area contributed by atoms with E-state index in [-0.39, 0.29) is 17.9 Å². The molecule has 78 valence electrons. The van der Waals surface area contributed by atoms with Crippen molar-refractivity contribution in [2.24, 2.45) is 16.8 Å². The maximum absolute atomic E-state index is 8.94. The van der Waals surface area contributed by atoms with Crippen LogP contribution < -0.4 is 11.1 Å². The second-order valence-corrected chi connectivity index (χ2v) is 3.27. The second kappa shape index (κ2) is 6.68. The van der Waals surface area contributed by atoms with Crippen LogP contribution in [0.15, 0.2) is 5.16 Å². The highest BCUT2D eigenvalue weighted by Crippen LogP contribution is 1.92. The molecule has 5 nitrogen and oxygen atoms in total. The highest BCUT2D eigenvalue weighted by Gasteiger charge is 2.06. The SMILES string of the molecule is CC(O)CCNCC(C)C(N)=NO. The lowest BCUT2D eigenvalue weighted by Gasteiger charge is -2.11. The number of amidine groups is 1. The van der Waals surface area contributed by atoms with Gasteiger partial charge in [0, 0.05) is 12.5 Å². The standard InChI is InChI=1S/C8H19N3O2/c1-6(8(9)11-13)5-10-4-3-7(2)12/h6-7,10,12-13H,3-5H2,1-2H3,(H2,9,11). The van der Waals surface area contributed by atoms with Crippen molar-refractivity contribution in [3.8, 4) is 0 Å². The van der Waals surface area contributed by atoms with Gasteiger partial charge in [0.05, 0.1) is 6.10 Å². The normalized spacial score (nSPS) is 17.0. The van der Waals surface area contributed by atoms with Crippen molar-refractivity contribution in [3.63, 3.8) is 0 Å². The van der Waals surface area contributed by atoms with Crippen molar-refractivity contribution in [2.75, 3.05) is 13.1 Å². The molecule has 0 saturated heterocycles. The number of nitrogens with one attached hydrogen (secondary N) is 1. The number of hydrogen-bond acceptors (Lipinski definition) is 4. The topological polar surface area (TPSA) is 90.9 Å². The Labute approximate surface area is 78.6 Å². The average Bonchev–Trinajstić information content (AvgIpc) is 2.10. The molecule has 0 heterocycles. The molecule has 0 aliphatic carbocycles.